The normalized spacial score (nSPS) is 19.3. The van der Waals surface area contributed by atoms with Crippen molar-refractivity contribution < 1.29 is 0 Å². The summed E-state index contributed by atoms with van der Waals surface area (Å²) in [6.07, 6.45) is 12.2. The molecule has 0 nitrogen and oxygen atoms in total. The fraction of sp³-hybridized carbons (Fsp3) is 0.833. The summed E-state index contributed by atoms with van der Waals surface area (Å²) in [6.45, 7) is 4.55. The van der Waals surface area contributed by atoms with E-state index >= 15 is 0 Å². The Morgan fingerprint density at radius 3 is 2.50 bits per heavy atom. The molecule has 0 heterocycles. The van der Waals surface area contributed by atoms with Crippen molar-refractivity contribution in [3.8, 4) is 0 Å². The number of allylic oxidation sites excluding steroid dienone is 2. The average molecular weight is 166 g/mol. The highest BCUT2D eigenvalue weighted by atomic mass is 14.2. The van der Waals surface area contributed by atoms with Crippen molar-refractivity contribution in [2.75, 3.05) is 0 Å². The smallest absolute Gasteiger partial charge is 0.0292 e. The maximum atomic E-state index is 2.47. The van der Waals surface area contributed by atoms with Crippen LogP contribution in [-0.2, 0) is 0 Å². The molecule has 1 aliphatic rings. The van der Waals surface area contributed by atoms with Gasteiger partial charge in [0.15, 0.2) is 0 Å². The predicted octanol–water partition coefficient (Wildman–Crippen LogP) is 4.31. The second kappa shape index (κ2) is 5.40. The number of rotatable bonds is 5. The summed E-state index contributed by atoms with van der Waals surface area (Å²) in [5.74, 6) is 1.05. The molecule has 0 bridgehead atoms. The lowest BCUT2D eigenvalue weighted by atomic mass is 9.80. The van der Waals surface area contributed by atoms with Gasteiger partial charge in [-0.2, -0.15) is 0 Å². The Kier molecular flexibility index (Phi) is 4.42. The second-order valence-corrected chi connectivity index (χ2v) is 4.01. The molecule has 12 heavy (non-hydrogen) atoms. The van der Waals surface area contributed by atoms with Crippen LogP contribution in [0.5, 0.6) is 0 Å². The molecule has 0 aromatic heterocycles. The maximum absolute atomic E-state index is 2.47. The second-order valence-electron chi connectivity index (χ2n) is 4.01. The van der Waals surface area contributed by atoms with Crippen LogP contribution >= 0.6 is 0 Å². The fourth-order valence-corrected chi connectivity index (χ4v) is 1.79. The van der Waals surface area contributed by atoms with E-state index < -0.39 is 0 Å². The van der Waals surface area contributed by atoms with Crippen LogP contribution in [0.25, 0.3) is 0 Å². The molecular formula is C12H22. The monoisotopic (exact) mass is 166 g/mol. The van der Waals surface area contributed by atoms with E-state index in [9.17, 15) is 0 Å². The van der Waals surface area contributed by atoms with Gasteiger partial charge >= 0.3 is 0 Å². The lowest BCUT2D eigenvalue weighted by molar-refractivity contribution is 0.311. The SMILES string of the molecule is CCCC=C(CC)CC1CCC1. The van der Waals surface area contributed by atoms with Crippen LogP contribution in [-0.4, -0.2) is 0 Å². The first-order chi connectivity index (χ1) is 5.86. The first kappa shape index (κ1) is 9.83. The molecule has 0 saturated heterocycles. The van der Waals surface area contributed by atoms with Gasteiger partial charge in [0.2, 0.25) is 0 Å². The first-order valence-electron chi connectivity index (χ1n) is 5.54. The topological polar surface area (TPSA) is 0 Å². The highest BCUT2D eigenvalue weighted by molar-refractivity contribution is 5.03. The lowest BCUT2D eigenvalue weighted by Crippen LogP contribution is -2.11. The van der Waals surface area contributed by atoms with Crippen LogP contribution in [0.15, 0.2) is 11.6 Å². The van der Waals surface area contributed by atoms with Gasteiger partial charge in [-0.3, -0.25) is 0 Å². The summed E-state index contributed by atoms with van der Waals surface area (Å²) >= 11 is 0. The van der Waals surface area contributed by atoms with Crippen molar-refractivity contribution in [3.05, 3.63) is 11.6 Å². The molecule has 1 rings (SSSR count). The molecule has 0 aromatic rings. The van der Waals surface area contributed by atoms with Crippen molar-refractivity contribution in [1.29, 1.82) is 0 Å². The minimum atomic E-state index is 1.05. The zero-order chi connectivity index (χ0) is 8.81. The summed E-state index contributed by atoms with van der Waals surface area (Å²) in [6, 6.07) is 0. The standard InChI is InChI=1S/C12H22/c1-3-5-7-11(4-2)10-12-8-6-9-12/h7,12H,3-6,8-10H2,1-2H3. The number of unbranched alkanes of at least 4 members (excludes halogenated alkanes) is 1. The summed E-state index contributed by atoms with van der Waals surface area (Å²) < 4.78 is 0. The minimum absolute atomic E-state index is 1.05. The molecule has 1 fully saturated rings. The Morgan fingerprint density at radius 2 is 2.08 bits per heavy atom. The summed E-state index contributed by atoms with van der Waals surface area (Å²) in [5, 5.41) is 0. The van der Waals surface area contributed by atoms with Crippen LogP contribution < -0.4 is 0 Å². The van der Waals surface area contributed by atoms with Gasteiger partial charge < -0.3 is 0 Å². The van der Waals surface area contributed by atoms with Gasteiger partial charge in [0.05, 0.1) is 0 Å². The van der Waals surface area contributed by atoms with E-state index in [2.05, 4.69) is 19.9 Å². The van der Waals surface area contributed by atoms with Gasteiger partial charge in [0.1, 0.15) is 0 Å². The van der Waals surface area contributed by atoms with E-state index in [0.29, 0.717) is 0 Å². The molecule has 0 heteroatoms. The molecule has 1 saturated carbocycles. The first-order valence-corrected chi connectivity index (χ1v) is 5.54. The highest BCUT2D eigenvalue weighted by Crippen LogP contribution is 2.32. The fourth-order valence-electron chi connectivity index (χ4n) is 1.79. The van der Waals surface area contributed by atoms with Crippen molar-refractivity contribution in [2.45, 2.75) is 58.8 Å². The van der Waals surface area contributed by atoms with E-state index in [1.165, 1.54) is 44.9 Å². The minimum Gasteiger partial charge on any atom is -0.0853 e. The molecule has 0 unspecified atom stereocenters. The molecule has 0 aliphatic heterocycles. The summed E-state index contributed by atoms with van der Waals surface area (Å²) in [7, 11) is 0. The lowest BCUT2D eigenvalue weighted by Gasteiger charge is -2.26. The molecule has 0 aromatic carbocycles. The van der Waals surface area contributed by atoms with Gasteiger partial charge in [-0.15, -0.1) is 0 Å². The van der Waals surface area contributed by atoms with E-state index in [0.717, 1.165) is 5.92 Å². The van der Waals surface area contributed by atoms with Crippen LogP contribution in [0.4, 0.5) is 0 Å². The average Bonchev–Trinajstić information content (AvgIpc) is 2.02. The largest absolute Gasteiger partial charge is 0.0853 e. The summed E-state index contributed by atoms with van der Waals surface area (Å²) in [4.78, 5) is 0. The molecule has 0 radical (unpaired) electrons. The summed E-state index contributed by atoms with van der Waals surface area (Å²) in [5.41, 5.74) is 1.71. The molecular weight excluding hydrogens is 144 g/mol. The Hall–Kier alpha value is -0.260. The van der Waals surface area contributed by atoms with Crippen LogP contribution in [0.3, 0.4) is 0 Å². The zero-order valence-electron chi connectivity index (χ0n) is 8.60. The molecule has 0 spiro atoms. The van der Waals surface area contributed by atoms with Gasteiger partial charge in [-0.25, -0.2) is 0 Å². The Balaban J connectivity index is 2.23. The van der Waals surface area contributed by atoms with Crippen molar-refractivity contribution >= 4 is 0 Å². The molecule has 0 N–H and O–H groups in total. The highest BCUT2D eigenvalue weighted by Gasteiger charge is 2.17. The zero-order valence-corrected chi connectivity index (χ0v) is 8.60. The Morgan fingerprint density at radius 1 is 1.33 bits per heavy atom. The molecule has 0 atom stereocenters. The van der Waals surface area contributed by atoms with Gasteiger partial charge in [0, 0.05) is 0 Å². The maximum Gasteiger partial charge on any atom is -0.0292 e. The van der Waals surface area contributed by atoms with Gasteiger partial charge in [0.25, 0.3) is 0 Å². The van der Waals surface area contributed by atoms with E-state index in [-0.39, 0.29) is 0 Å². The number of hydrogen-bond donors (Lipinski definition) is 0. The number of hydrogen-bond acceptors (Lipinski definition) is 0. The van der Waals surface area contributed by atoms with Gasteiger partial charge in [-0.05, 0) is 25.2 Å². The quantitative estimate of drug-likeness (QED) is 0.534. The van der Waals surface area contributed by atoms with Crippen molar-refractivity contribution in [1.82, 2.24) is 0 Å². The molecule has 70 valence electrons. The third-order valence-corrected chi connectivity index (χ3v) is 2.95. The van der Waals surface area contributed by atoms with Crippen LogP contribution in [0.1, 0.15) is 58.8 Å². The Labute approximate surface area is 77.1 Å². The van der Waals surface area contributed by atoms with Crippen LogP contribution in [0, 0.1) is 5.92 Å². The van der Waals surface area contributed by atoms with Crippen LogP contribution in [0.2, 0.25) is 0 Å². The molecule has 0 amide bonds. The van der Waals surface area contributed by atoms with E-state index in [4.69, 9.17) is 0 Å². The van der Waals surface area contributed by atoms with Crippen molar-refractivity contribution in [3.63, 3.8) is 0 Å². The Bertz CT molecular complexity index is 140. The van der Waals surface area contributed by atoms with Gasteiger partial charge in [-0.1, -0.05) is 51.2 Å². The molecule has 1 aliphatic carbocycles. The predicted molar refractivity (Wildman–Crippen MR) is 55.2 cm³/mol. The van der Waals surface area contributed by atoms with Crippen molar-refractivity contribution in [2.24, 2.45) is 5.92 Å². The third kappa shape index (κ3) is 3.00. The third-order valence-electron chi connectivity index (χ3n) is 2.95. The van der Waals surface area contributed by atoms with E-state index in [1.54, 1.807) is 5.57 Å². The van der Waals surface area contributed by atoms with E-state index in [1.807, 2.05) is 0 Å².